The minimum Gasteiger partial charge on any atom is -0.508 e. The summed E-state index contributed by atoms with van der Waals surface area (Å²) in [7, 11) is 2.80. The van der Waals surface area contributed by atoms with Crippen LogP contribution in [0.4, 0.5) is 10.5 Å². The van der Waals surface area contributed by atoms with E-state index in [1.54, 1.807) is 68.3 Å². The highest BCUT2D eigenvalue weighted by molar-refractivity contribution is 6.25. The van der Waals surface area contributed by atoms with E-state index >= 15 is 19.2 Å². The molecule has 5 heterocycles. The molecule has 16 nitrogen and oxygen atoms in total. The summed E-state index contributed by atoms with van der Waals surface area (Å²) in [6.45, 7) is 5.60. The number of methoxy groups -OCH3 is 2. The van der Waals surface area contributed by atoms with Crippen LogP contribution in [0, 0.1) is 23.7 Å². The minimum absolute atomic E-state index is 0.0544. The molecule has 2 N–H and O–H groups in total. The van der Waals surface area contributed by atoms with Crippen LogP contribution in [0.15, 0.2) is 146 Å². The van der Waals surface area contributed by atoms with Crippen LogP contribution in [0.1, 0.15) is 71.0 Å². The Kier molecular flexibility index (Phi) is 13.7. The molecule has 3 saturated heterocycles. The van der Waals surface area contributed by atoms with Gasteiger partial charge in [-0.1, -0.05) is 105 Å². The van der Waals surface area contributed by atoms with Gasteiger partial charge in [0.05, 0.1) is 37.9 Å². The number of hydrogen-bond donors (Lipinski definition) is 2. The van der Waals surface area contributed by atoms with E-state index in [9.17, 15) is 9.90 Å². The quantitative estimate of drug-likeness (QED) is 0.102. The molecule has 3 fully saturated rings. The smallest absolute Gasteiger partial charge is 0.329 e. The highest BCUT2D eigenvalue weighted by Crippen LogP contribution is 2.66. The number of esters is 2. The third kappa shape index (κ3) is 9.04. The first-order valence-corrected chi connectivity index (χ1v) is 25.7. The molecule has 1 spiro atoms. The molecular weight excluding hydrogens is 979 g/mol. The van der Waals surface area contributed by atoms with E-state index in [1.165, 1.54) is 19.2 Å². The maximum absolute atomic E-state index is 16.9. The predicted octanol–water partition coefficient (Wildman–Crippen LogP) is 7.45. The largest absolute Gasteiger partial charge is 0.508 e. The molecule has 77 heavy (non-hydrogen) atoms. The van der Waals surface area contributed by atoms with Gasteiger partial charge in [-0.25, -0.2) is 14.5 Å². The zero-order chi connectivity index (χ0) is 53.5. The normalized spacial score (nSPS) is 22.9. The molecule has 11 rings (SSSR count). The molecule has 7 atom stereocenters. The lowest BCUT2D eigenvalue weighted by atomic mass is 9.64. The summed E-state index contributed by atoms with van der Waals surface area (Å²) < 4.78 is 28.4. The number of benzene rings is 6. The van der Waals surface area contributed by atoms with Gasteiger partial charge >= 0.3 is 18.0 Å². The second-order valence-electron chi connectivity index (χ2n) is 20.2. The number of aromatic hydroxyl groups is 1. The van der Waals surface area contributed by atoms with Gasteiger partial charge in [-0.05, 0) is 100 Å². The molecule has 4 amide bonds. The number of rotatable bonds is 10. The molecule has 392 valence electrons. The van der Waals surface area contributed by atoms with Gasteiger partial charge in [0.1, 0.15) is 35.1 Å². The Balaban J connectivity index is 1.12. The van der Waals surface area contributed by atoms with Gasteiger partial charge in [-0.2, -0.15) is 0 Å². The number of imide groups is 1. The highest BCUT2D eigenvalue weighted by atomic mass is 16.7. The molecule has 6 aromatic carbocycles. The van der Waals surface area contributed by atoms with E-state index in [2.05, 4.69) is 22.1 Å². The average Bonchev–Trinajstić information content (AvgIpc) is 3.08. The number of morpholine rings is 1. The lowest BCUT2D eigenvalue weighted by Gasteiger charge is -2.46. The Morgan fingerprint density at radius 3 is 2.08 bits per heavy atom. The number of hydrogen-bond acceptors (Lipinski definition) is 13. The summed E-state index contributed by atoms with van der Waals surface area (Å²) >= 11 is 0. The van der Waals surface area contributed by atoms with Crippen LogP contribution in [-0.2, 0) is 40.6 Å². The molecule has 6 aromatic rings. The van der Waals surface area contributed by atoms with Crippen molar-refractivity contribution < 1.29 is 52.8 Å². The number of piperazine rings is 1. The summed E-state index contributed by atoms with van der Waals surface area (Å²) in [6, 6.07) is 37.8. The maximum atomic E-state index is 16.9. The van der Waals surface area contributed by atoms with Crippen LogP contribution >= 0.6 is 0 Å². The molecule has 5 aliphatic heterocycles. The fourth-order valence-corrected chi connectivity index (χ4v) is 11.9. The van der Waals surface area contributed by atoms with E-state index < -0.39 is 77.3 Å². The zero-order valence-electron chi connectivity index (χ0n) is 43.0. The first kappa shape index (κ1) is 50.5. The lowest BCUT2D eigenvalue weighted by Crippen LogP contribution is -2.59. The van der Waals surface area contributed by atoms with Crippen molar-refractivity contribution in [1.29, 1.82) is 0 Å². The van der Waals surface area contributed by atoms with Gasteiger partial charge in [0.25, 0.3) is 0 Å². The molecule has 0 bridgehead atoms. The van der Waals surface area contributed by atoms with Crippen LogP contribution in [0.2, 0.25) is 0 Å². The summed E-state index contributed by atoms with van der Waals surface area (Å²) in [5, 5.41) is 13.7. The van der Waals surface area contributed by atoms with Crippen LogP contribution in [0.5, 0.6) is 23.0 Å². The third-order valence-corrected chi connectivity index (χ3v) is 15.5. The van der Waals surface area contributed by atoms with Crippen molar-refractivity contribution in [3.05, 3.63) is 185 Å². The zero-order valence-corrected chi connectivity index (χ0v) is 43.0. The van der Waals surface area contributed by atoms with Crippen molar-refractivity contribution in [2.24, 2.45) is 11.8 Å². The standard InChI is InChI=1S/C61H57N5O11/c1-37(2)51(57(69)74-4)62-60(72)65-47-27-19-39(16-15-38-17-25-45(73-3)26-18-38)33-46(47)61(59(65)71)50(56(68)64-31-29-63(30-32-64)35-40-20-28-48-49(34-40)76-36-75-48)53-58(70)77-54(42-13-9-6-10-14-42)52(41-11-7-5-8-12-41)66(53)55(61)43-21-23-44(67)24-22-43/h5-14,17-28,33-34,37,50-55,67H,29-32,35-36H2,1-4H3,(H,62,72)/t50-,51+,52-,53-,54+,55+,61-/m1/s1. The molecule has 0 radical (unpaired) electrons. The van der Waals surface area contributed by atoms with E-state index in [1.807, 2.05) is 95.9 Å². The van der Waals surface area contributed by atoms with E-state index in [4.69, 9.17) is 23.7 Å². The van der Waals surface area contributed by atoms with Gasteiger partial charge in [0.15, 0.2) is 11.5 Å². The van der Waals surface area contributed by atoms with Gasteiger partial charge in [-0.15, -0.1) is 0 Å². The number of nitrogens with zero attached hydrogens (tertiary/aromatic N) is 4. The number of nitrogens with one attached hydrogen (secondary N) is 1. The highest BCUT2D eigenvalue weighted by Gasteiger charge is 2.76. The van der Waals surface area contributed by atoms with Crippen molar-refractivity contribution in [1.82, 2.24) is 20.0 Å². The fourth-order valence-electron chi connectivity index (χ4n) is 11.9. The van der Waals surface area contributed by atoms with E-state index in [-0.39, 0.29) is 36.9 Å². The van der Waals surface area contributed by atoms with Crippen molar-refractivity contribution in [2.45, 2.75) is 56.1 Å². The van der Waals surface area contributed by atoms with Crippen LogP contribution < -0.4 is 24.4 Å². The molecular formula is C61H57N5O11. The summed E-state index contributed by atoms with van der Waals surface area (Å²) in [5.74, 6) is 3.70. The van der Waals surface area contributed by atoms with Crippen molar-refractivity contribution in [3.63, 3.8) is 0 Å². The number of anilines is 1. The number of phenols is 1. The Morgan fingerprint density at radius 1 is 0.740 bits per heavy atom. The molecule has 5 aliphatic rings. The number of ether oxygens (including phenoxy) is 5. The first-order valence-electron chi connectivity index (χ1n) is 25.7. The third-order valence-electron chi connectivity index (χ3n) is 15.5. The molecule has 16 heteroatoms. The summed E-state index contributed by atoms with van der Waals surface area (Å²) in [5.41, 5.74) is 2.32. The number of phenolic OH excluding ortho intramolecular Hbond substituents is 1. The first-order chi connectivity index (χ1) is 37.4. The molecule has 0 aliphatic carbocycles. The number of cyclic esters (lactones) is 1. The maximum Gasteiger partial charge on any atom is 0.329 e. The number of carbonyl (C=O) groups is 5. The number of amides is 4. The minimum atomic E-state index is -2.09. The summed E-state index contributed by atoms with van der Waals surface area (Å²) in [6.07, 6.45) is -0.948. The lowest BCUT2D eigenvalue weighted by molar-refractivity contribution is -0.179. The molecule has 0 unspecified atom stereocenters. The SMILES string of the molecule is COC(=O)[C@@H](NC(=O)N1C(=O)[C@@]2(c3cc(C#Cc4ccc(OC)cc4)ccc31)[C@H](c1ccc(O)cc1)N1[C@H](c3ccccc3)[C@H](c3ccccc3)OC(=O)[C@H]1[C@@H]2C(=O)N1CCN(Cc2ccc3c(c2)OCO3)CC1)C(C)C. The van der Waals surface area contributed by atoms with Gasteiger partial charge in [-0.3, -0.25) is 24.2 Å². The fraction of sp³-hybridized carbons (Fsp3) is 0.295. The van der Waals surface area contributed by atoms with Crippen molar-refractivity contribution in [3.8, 4) is 34.8 Å². The van der Waals surface area contributed by atoms with Gasteiger partial charge in [0.2, 0.25) is 18.6 Å². The van der Waals surface area contributed by atoms with Gasteiger partial charge < -0.3 is 39.0 Å². The molecule has 0 aromatic heterocycles. The van der Waals surface area contributed by atoms with Crippen molar-refractivity contribution >= 4 is 35.5 Å². The van der Waals surface area contributed by atoms with Crippen LogP contribution in [0.25, 0.3) is 0 Å². The van der Waals surface area contributed by atoms with Gasteiger partial charge in [0, 0.05) is 43.9 Å². The van der Waals surface area contributed by atoms with Crippen molar-refractivity contribution in [2.75, 3.05) is 52.1 Å². The van der Waals surface area contributed by atoms with Crippen LogP contribution in [-0.4, -0.2) is 109 Å². The topological polar surface area (TPSA) is 177 Å². The Bertz CT molecular complexity index is 3300. The Hall–Kier alpha value is -8.65. The van der Waals surface area contributed by atoms with E-state index in [0.29, 0.717) is 59.1 Å². The number of urea groups is 1. The number of fused-ring (bicyclic) bond motifs is 4. The second kappa shape index (κ2) is 20.8. The average molecular weight is 1040 g/mol. The Morgan fingerprint density at radius 2 is 1.40 bits per heavy atom. The Labute approximate surface area is 446 Å². The summed E-state index contributed by atoms with van der Waals surface area (Å²) in [4.78, 5) is 84.5. The van der Waals surface area contributed by atoms with E-state index in [0.717, 1.165) is 16.0 Å². The van der Waals surface area contributed by atoms with Crippen LogP contribution in [0.3, 0.4) is 0 Å². The monoisotopic (exact) mass is 1040 g/mol. The molecule has 0 saturated carbocycles. The second-order valence-corrected chi connectivity index (χ2v) is 20.2. The number of carbonyl (C=O) groups excluding carboxylic acids is 5. The predicted molar refractivity (Wildman–Crippen MR) is 283 cm³/mol.